The first-order valence-corrected chi connectivity index (χ1v) is 6.74. The lowest BCUT2D eigenvalue weighted by Gasteiger charge is -2.27. The van der Waals surface area contributed by atoms with E-state index in [0.29, 0.717) is 12.0 Å². The Bertz CT molecular complexity index is 396. The summed E-state index contributed by atoms with van der Waals surface area (Å²) in [5.41, 5.74) is 0. The fourth-order valence-electron chi connectivity index (χ4n) is 2.10. The van der Waals surface area contributed by atoms with Crippen molar-refractivity contribution in [1.29, 1.82) is 0 Å². The molecule has 1 aromatic heterocycles. The van der Waals surface area contributed by atoms with Gasteiger partial charge in [-0.15, -0.1) is 0 Å². The molecule has 2 aliphatic rings. The average molecular weight is 232 g/mol. The van der Waals surface area contributed by atoms with Gasteiger partial charge in [0.25, 0.3) is 0 Å². The first-order valence-electron chi connectivity index (χ1n) is 6.74. The van der Waals surface area contributed by atoms with Gasteiger partial charge >= 0.3 is 0 Å². The van der Waals surface area contributed by atoms with Gasteiger partial charge in [-0.1, -0.05) is 0 Å². The molecule has 2 aliphatic carbocycles. The van der Waals surface area contributed by atoms with E-state index in [1.54, 1.807) is 0 Å². The molecule has 0 aromatic carbocycles. The van der Waals surface area contributed by atoms with Gasteiger partial charge in [0.15, 0.2) is 0 Å². The van der Waals surface area contributed by atoms with Crippen molar-refractivity contribution in [2.24, 2.45) is 0 Å². The maximum Gasteiger partial charge on any atom is 0.136 e. The molecule has 2 saturated carbocycles. The standard InChI is InChI=1S/C13H20N4/c1-2-14-11-8-12(15-10-4-3-5-10)17-13(16-11)9-6-7-9/h8-10H,2-7H2,1H3,(H2,14,15,16,17). The smallest absolute Gasteiger partial charge is 0.136 e. The average Bonchev–Trinajstić information content (AvgIpc) is 3.07. The number of nitrogens with zero attached hydrogens (tertiary/aromatic N) is 2. The largest absolute Gasteiger partial charge is 0.370 e. The molecule has 4 heteroatoms. The minimum absolute atomic E-state index is 0.607. The van der Waals surface area contributed by atoms with Crippen molar-refractivity contribution in [2.45, 2.75) is 51.0 Å². The fourth-order valence-corrected chi connectivity index (χ4v) is 2.10. The highest BCUT2D eigenvalue weighted by Crippen LogP contribution is 2.39. The van der Waals surface area contributed by atoms with E-state index in [0.717, 1.165) is 24.0 Å². The summed E-state index contributed by atoms with van der Waals surface area (Å²) in [6.45, 7) is 3.00. The highest BCUT2D eigenvalue weighted by molar-refractivity contribution is 5.48. The van der Waals surface area contributed by atoms with Crippen LogP contribution in [0.25, 0.3) is 0 Å². The van der Waals surface area contributed by atoms with Gasteiger partial charge in [0.05, 0.1) is 0 Å². The highest BCUT2D eigenvalue weighted by atomic mass is 15.1. The zero-order valence-corrected chi connectivity index (χ0v) is 10.4. The van der Waals surface area contributed by atoms with Crippen molar-refractivity contribution in [3.63, 3.8) is 0 Å². The summed E-state index contributed by atoms with van der Waals surface area (Å²) in [6, 6.07) is 2.67. The minimum atomic E-state index is 0.607. The Kier molecular flexibility index (Phi) is 2.87. The van der Waals surface area contributed by atoms with Crippen LogP contribution in [-0.2, 0) is 0 Å². The third-order valence-electron chi connectivity index (χ3n) is 3.50. The Balaban J connectivity index is 1.79. The third kappa shape index (κ3) is 2.51. The molecular formula is C13H20N4. The third-order valence-corrected chi connectivity index (χ3v) is 3.50. The Hall–Kier alpha value is -1.32. The molecule has 17 heavy (non-hydrogen) atoms. The van der Waals surface area contributed by atoms with Crippen LogP contribution in [0.15, 0.2) is 6.07 Å². The van der Waals surface area contributed by atoms with Crippen LogP contribution in [0, 0.1) is 0 Å². The zero-order chi connectivity index (χ0) is 11.7. The molecule has 2 N–H and O–H groups in total. The predicted octanol–water partition coefficient (Wildman–Crippen LogP) is 2.75. The second-order valence-corrected chi connectivity index (χ2v) is 5.07. The Morgan fingerprint density at radius 2 is 1.94 bits per heavy atom. The summed E-state index contributed by atoms with van der Waals surface area (Å²) in [4.78, 5) is 9.21. The molecule has 0 aliphatic heterocycles. The number of hydrogen-bond acceptors (Lipinski definition) is 4. The SMILES string of the molecule is CCNc1cc(NC2CCC2)nc(C2CC2)n1. The molecule has 2 fully saturated rings. The molecule has 0 radical (unpaired) electrons. The topological polar surface area (TPSA) is 49.8 Å². The highest BCUT2D eigenvalue weighted by Gasteiger charge is 2.28. The predicted molar refractivity (Wildman–Crippen MR) is 69.4 cm³/mol. The number of rotatable bonds is 5. The second-order valence-electron chi connectivity index (χ2n) is 5.07. The molecule has 0 atom stereocenters. The van der Waals surface area contributed by atoms with Crippen LogP contribution in [-0.4, -0.2) is 22.6 Å². The molecule has 0 spiro atoms. The molecule has 0 saturated heterocycles. The zero-order valence-electron chi connectivity index (χ0n) is 10.4. The molecule has 0 bridgehead atoms. The summed E-state index contributed by atoms with van der Waals surface area (Å²) in [6.07, 6.45) is 6.40. The van der Waals surface area contributed by atoms with E-state index in [9.17, 15) is 0 Å². The summed E-state index contributed by atoms with van der Waals surface area (Å²) in [7, 11) is 0. The van der Waals surface area contributed by atoms with Crippen molar-refractivity contribution < 1.29 is 0 Å². The molecule has 4 nitrogen and oxygen atoms in total. The van der Waals surface area contributed by atoms with E-state index in [2.05, 4.69) is 27.5 Å². The van der Waals surface area contributed by atoms with Crippen LogP contribution in [0.1, 0.15) is 50.8 Å². The molecule has 0 amide bonds. The normalized spacial score (nSPS) is 19.8. The van der Waals surface area contributed by atoms with Crippen molar-refractivity contribution in [3.8, 4) is 0 Å². The maximum atomic E-state index is 4.64. The molecular weight excluding hydrogens is 212 g/mol. The van der Waals surface area contributed by atoms with E-state index in [1.807, 2.05) is 6.07 Å². The first kappa shape index (κ1) is 10.8. The van der Waals surface area contributed by atoms with E-state index in [-0.39, 0.29) is 0 Å². The Morgan fingerprint density at radius 1 is 1.18 bits per heavy atom. The number of anilines is 2. The van der Waals surface area contributed by atoms with Crippen molar-refractivity contribution >= 4 is 11.6 Å². The monoisotopic (exact) mass is 232 g/mol. The quantitative estimate of drug-likeness (QED) is 0.819. The lowest BCUT2D eigenvalue weighted by molar-refractivity contribution is 0.444. The number of hydrogen-bond donors (Lipinski definition) is 2. The van der Waals surface area contributed by atoms with Crippen LogP contribution in [0.4, 0.5) is 11.6 Å². The fraction of sp³-hybridized carbons (Fsp3) is 0.692. The summed E-state index contributed by atoms with van der Waals surface area (Å²) in [5, 5.41) is 6.80. The first-order chi connectivity index (χ1) is 8.35. The van der Waals surface area contributed by atoms with Crippen LogP contribution in [0.2, 0.25) is 0 Å². The van der Waals surface area contributed by atoms with Gasteiger partial charge in [-0.3, -0.25) is 0 Å². The molecule has 92 valence electrons. The summed E-state index contributed by atoms with van der Waals surface area (Å²) < 4.78 is 0. The Labute approximate surface area is 102 Å². The van der Waals surface area contributed by atoms with Gasteiger partial charge in [0, 0.05) is 24.6 Å². The molecule has 0 unspecified atom stereocenters. The van der Waals surface area contributed by atoms with Crippen molar-refractivity contribution in [3.05, 3.63) is 11.9 Å². The maximum absolute atomic E-state index is 4.64. The van der Waals surface area contributed by atoms with Gasteiger partial charge < -0.3 is 10.6 Å². The molecule has 1 aromatic rings. The van der Waals surface area contributed by atoms with E-state index in [4.69, 9.17) is 0 Å². The molecule has 3 rings (SSSR count). The number of aromatic nitrogens is 2. The van der Waals surface area contributed by atoms with E-state index >= 15 is 0 Å². The van der Waals surface area contributed by atoms with E-state index < -0.39 is 0 Å². The van der Waals surface area contributed by atoms with Crippen LogP contribution in [0.3, 0.4) is 0 Å². The summed E-state index contributed by atoms with van der Waals surface area (Å²) in [5.74, 6) is 3.59. The van der Waals surface area contributed by atoms with Gasteiger partial charge in [-0.05, 0) is 39.0 Å². The van der Waals surface area contributed by atoms with Crippen molar-refractivity contribution in [2.75, 3.05) is 17.2 Å². The van der Waals surface area contributed by atoms with Crippen LogP contribution in [0.5, 0.6) is 0 Å². The van der Waals surface area contributed by atoms with Crippen LogP contribution < -0.4 is 10.6 Å². The lowest BCUT2D eigenvalue weighted by Crippen LogP contribution is -2.27. The Morgan fingerprint density at radius 3 is 2.53 bits per heavy atom. The summed E-state index contributed by atoms with van der Waals surface area (Å²) >= 11 is 0. The minimum Gasteiger partial charge on any atom is -0.370 e. The van der Waals surface area contributed by atoms with Gasteiger partial charge in [-0.2, -0.15) is 0 Å². The van der Waals surface area contributed by atoms with Crippen LogP contribution >= 0.6 is 0 Å². The van der Waals surface area contributed by atoms with E-state index in [1.165, 1.54) is 32.1 Å². The van der Waals surface area contributed by atoms with Gasteiger partial charge in [-0.25, -0.2) is 9.97 Å². The van der Waals surface area contributed by atoms with Crippen molar-refractivity contribution in [1.82, 2.24) is 9.97 Å². The lowest BCUT2D eigenvalue weighted by atomic mass is 9.93. The van der Waals surface area contributed by atoms with Gasteiger partial charge in [0.1, 0.15) is 17.5 Å². The second kappa shape index (κ2) is 4.51. The molecule has 1 heterocycles. The van der Waals surface area contributed by atoms with Gasteiger partial charge in [0.2, 0.25) is 0 Å². The number of nitrogens with one attached hydrogen (secondary N) is 2.